The number of rotatable bonds is 2. The van der Waals surface area contributed by atoms with Gasteiger partial charge in [0.25, 0.3) is 0 Å². The van der Waals surface area contributed by atoms with Crippen LogP contribution in [0, 0.1) is 0 Å². The van der Waals surface area contributed by atoms with E-state index in [0.29, 0.717) is 0 Å². The molecule has 0 aromatic heterocycles. The fourth-order valence-corrected chi connectivity index (χ4v) is 3.85. The quantitative estimate of drug-likeness (QED) is 0.316. The van der Waals surface area contributed by atoms with Crippen molar-refractivity contribution in [2.24, 2.45) is 0 Å². The summed E-state index contributed by atoms with van der Waals surface area (Å²) in [5, 5.41) is 5.32. The van der Waals surface area contributed by atoms with Crippen molar-refractivity contribution in [3.63, 3.8) is 0 Å². The number of fused-ring (bicyclic) bond motifs is 2. The molecule has 0 spiro atoms. The summed E-state index contributed by atoms with van der Waals surface area (Å²) in [7, 11) is 1.76. The van der Waals surface area contributed by atoms with Crippen molar-refractivity contribution in [3.05, 3.63) is 84.9 Å². The van der Waals surface area contributed by atoms with Gasteiger partial charge < -0.3 is 0 Å². The summed E-state index contributed by atoms with van der Waals surface area (Å²) in [5.74, 6) is 0. The normalized spacial score (nSPS) is 9.83. The minimum atomic E-state index is -0.0178. The molecule has 0 fully saturated rings. The van der Waals surface area contributed by atoms with Gasteiger partial charge in [0, 0.05) is 0 Å². The average Bonchev–Trinajstić information content (AvgIpc) is 3.25. The van der Waals surface area contributed by atoms with Gasteiger partial charge >= 0.3 is 53.4 Å². The van der Waals surface area contributed by atoms with Crippen LogP contribution >= 0.6 is 0 Å². The fraction of sp³-hybridized carbons (Fsp3) is 0.143. The number of benzene rings is 2. The number of hydrogen-bond donors (Lipinski definition) is 0. The Kier molecular flexibility index (Phi) is 8.38. The third-order valence-corrected chi connectivity index (χ3v) is 5.24. The van der Waals surface area contributed by atoms with Gasteiger partial charge in [0.2, 0.25) is 0 Å². The van der Waals surface area contributed by atoms with Crippen LogP contribution in [0.5, 0.6) is 0 Å². The maximum Gasteiger partial charge on any atom is -0.0809 e. The molecule has 0 aliphatic carbocycles. The molecule has 0 radical (unpaired) electrons. The molecule has 0 amide bonds. The summed E-state index contributed by atoms with van der Waals surface area (Å²) < 4.78 is 4.87. The first-order valence-corrected chi connectivity index (χ1v) is 13.8. The molecular weight excluding hydrogens is 388 g/mol. The zero-order chi connectivity index (χ0) is 17.2. The Balaban J connectivity index is 0.000000134. The van der Waals surface area contributed by atoms with Gasteiger partial charge in [-0.2, -0.15) is 35.0 Å². The van der Waals surface area contributed by atoms with Gasteiger partial charge in [0.1, 0.15) is 0 Å². The third-order valence-electron chi connectivity index (χ3n) is 3.46. The van der Waals surface area contributed by atoms with Crippen molar-refractivity contribution in [1.29, 1.82) is 0 Å². The van der Waals surface area contributed by atoms with Crippen molar-refractivity contribution in [3.8, 4) is 0 Å². The van der Waals surface area contributed by atoms with E-state index in [2.05, 4.69) is 91.5 Å². The van der Waals surface area contributed by atoms with E-state index in [0.717, 1.165) is 6.23 Å². The van der Waals surface area contributed by atoms with E-state index in [-0.39, 0.29) is 5.43 Å². The standard InChI is InChI=1S/2C9H7.C3H8OSi.Zr/c2*1-2-5-9-7-3-6-8(9)4-1;1-4-3-5-2;/h2*1-7H;3H2,1-2H3;/q2*-1;;+2. The molecule has 0 atom stereocenters. The Morgan fingerprint density at radius 3 is 1.62 bits per heavy atom. The van der Waals surface area contributed by atoms with Crippen LogP contribution < -0.4 is 0 Å². The van der Waals surface area contributed by atoms with Crippen molar-refractivity contribution >= 4 is 27.0 Å². The smallest absolute Gasteiger partial charge is 0.0809 e. The van der Waals surface area contributed by atoms with Crippen LogP contribution in [0.15, 0.2) is 84.9 Å². The van der Waals surface area contributed by atoms with Crippen LogP contribution in [0.3, 0.4) is 0 Å². The first-order valence-electron chi connectivity index (χ1n) is 7.94. The maximum atomic E-state index is 4.87. The summed E-state index contributed by atoms with van der Waals surface area (Å²) in [6.07, 6.45) is 1.02. The number of hydrogen-bond acceptors (Lipinski definition) is 1. The molecule has 0 saturated heterocycles. The van der Waals surface area contributed by atoms with Gasteiger partial charge in [-0.05, 0) is 0 Å². The van der Waals surface area contributed by atoms with Crippen LogP contribution in [-0.2, 0) is 28.1 Å². The van der Waals surface area contributed by atoms with Crippen LogP contribution in [-0.4, -0.2) is 18.8 Å². The monoisotopic (exact) mass is 408 g/mol. The van der Waals surface area contributed by atoms with Crippen LogP contribution in [0.2, 0.25) is 6.55 Å². The van der Waals surface area contributed by atoms with Crippen molar-refractivity contribution < 1.29 is 28.1 Å². The number of ether oxygens (including phenoxy) is 1. The van der Waals surface area contributed by atoms with E-state index in [1.807, 2.05) is 0 Å². The van der Waals surface area contributed by atoms with E-state index in [4.69, 9.17) is 4.74 Å². The van der Waals surface area contributed by atoms with Gasteiger partial charge in [-0.1, -0.05) is 12.1 Å². The minimum Gasteiger partial charge on any atom is -0.168 e. The van der Waals surface area contributed by atoms with Crippen LogP contribution in [0.1, 0.15) is 0 Å². The molecule has 24 heavy (non-hydrogen) atoms. The van der Waals surface area contributed by atoms with Gasteiger partial charge in [0.05, 0.1) is 0 Å². The molecule has 4 aromatic carbocycles. The Hall–Kier alpha value is -1.28. The molecule has 120 valence electrons. The Labute approximate surface area is 159 Å². The van der Waals surface area contributed by atoms with Gasteiger partial charge in [-0.15, -0.1) is 59.3 Å². The fourth-order valence-electron chi connectivity index (χ4n) is 2.36. The van der Waals surface area contributed by atoms with E-state index >= 15 is 0 Å². The van der Waals surface area contributed by atoms with E-state index in [9.17, 15) is 0 Å². The molecule has 0 saturated carbocycles. The molecule has 0 aliphatic rings. The predicted molar refractivity (Wildman–Crippen MR) is 103 cm³/mol. The van der Waals surface area contributed by atoms with Crippen LogP contribution in [0.25, 0.3) is 21.5 Å². The van der Waals surface area contributed by atoms with E-state index < -0.39 is 0 Å². The zero-order valence-corrected chi connectivity index (χ0v) is 17.7. The third kappa shape index (κ3) is 6.32. The molecule has 0 unspecified atom stereocenters. The molecule has 0 bridgehead atoms. The summed E-state index contributed by atoms with van der Waals surface area (Å²) in [6.45, 7) is 2.27. The Morgan fingerprint density at radius 2 is 1.29 bits per heavy atom. The minimum absolute atomic E-state index is 0.0178. The van der Waals surface area contributed by atoms with Gasteiger partial charge in [-0.3, -0.25) is 0 Å². The molecule has 3 heteroatoms. The molecule has 0 heterocycles. The SMILES string of the molecule is COC[Si](C)=[Zr+2].c1ccc2[cH-]ccc2c1.c1ccc2[cH-]ccc2c1. The molecule has 4 aromatic rings. The first kappa shape index (κ1) is 19.1. The molecular formula is C21H22OSiZr. The molecule has 4 rings (SSSR count). The van der Waals surface area contributed by atoms with Crippen LogP contribution in [0.4, 0.5) is 0 Å². The summed E-state index contributed by atoms with van der Waals surface area (Å²) >= 11 is 1.66. The van der Waals surface area contributed by atoms with Crippen molar-refractivity contribution in [1.82, 2.24) is 0 Å². The summed E-state index contributed by atoms with van der Waals surface area (Å²) in [6, 6.07) is 29.3. The van der Waals surface area contributed by atoms with E-state index in [1.165, 1.54) is 21.5 Å². The number of methoxy groups -OCH3 is 1. The Morgan fingerprint density at radius 1 is 0.833 bits per heavy atom. The second kappa shape index (κ2) is 10.6. The summed E-state index contributed by atoms with van der Waals surface area (Å²) in [5.41, 5.74) is -0.0178. The molecule has 0 aliphatic heterocycles. The maximum absolute atomic E-state index is 4.87. The Bertz CT molecular complexity index is 749. The van der Waals surface area contributed by atoms with E-state index in [1.54, 1.807) is 30.4 Å². The average molecular weight is 410 g/mol. The zero-order valence-electron chi connectivity index (χ0n) is 14.2. The largest absolute Gasteiger partial charge is 0.168 e. The summed E-state index contributed by atoms with van der Waals surface area (Å²) in [4.78, 5) is 0. The topological polar surface area (TPSA) is 9.23 Å². The van der Waals surface area contributed by atoms with Gasteiger partial charge in [0.15, 0.2) is 0 Å². The van der Waals surface area contributed by atoms with Crippen molar-refractivity contribution in [2.45, 2.75) is 6.55 Å². The second-order valence-electron chi connectivity index (χ2n) is 5.52. The molecule has 1 nitrogen and oxygen atoms in total. The second-order valence-corrected chi connectivity index (χ2v) is 13.7. The molecule has 0 N–H and O–H groups in total. The van der Waals surface area contributed by atoms with Gasteiger partial charge in [-0.25, -0.2) is 0 Å². The van der Waals surface area contributed by atoms with Crippen molar-refractivity contribution in [2.75, 3.05) is 13.3 Å². The first-order chi connectivity index (χ1) is 11.7. The predicted octanol–water partition coefficient (Wildman–Crippen LogP) is 5.46.